The second kappa shape index (κ2) is 10.8. The third-order valence-electron chi connectivity index (χ3n) is 1.70. The van der Waals surface area contributed by atoms with Crippen LogP contribution in [-0.2, 0) is 0 Å². The molecule has 0 spiro atoms. The van der Waals surface area contributed by atoms with E-state index in [1.165, 1.54) is 5.56 Å². The molecule has 1 N–H and O–H groups in total. The first kappa shape index (κ1) is 16.2. The number of aryl methyl sites for hydroxylation is 1. The number of nitrogens with one attached hydrogen (secondary N) is 1. The first-order chi connectivity index (χ1) is 7.27. The Morgan fingerprint density at radius 3 is 2.07 bits per heavy atom. The number of anilines is 1. The number of hydrogen-bond donors (Lipinski definition) is 1. The van der Waals surface area contributed by atoms with Gasteiger partial charge in [0.1, 0.15) is 0 Å². The molecule has 86 valence electrons. The van der Waals surface area contributed by atoms with E-state index in [0.717, 1.165) is 11.3 Å². The van der Waals surface area contributed by atoms with Gasteiger partial charge in [0, 0.05) is 12.7 Å². The molecule has 1 aromatic rings. The van der Waals surface area contributed by atoms with E-state index in [-0.39, 0.29) is 0 Å². The summed E-state index contributed by atoms with van der Waals surface area (Å²) in [4.78, 5) is 0. The van der Waals surface area contributed by atoms with Crippen molar-refractivity contribution in [2.45, 2.75) is 34.6 Å². The van der Waals surface area contributed by atoms with Crippen molar-refractivity contribution in [2.75, 3.05) is 12.4 Å². The summed E-state index contributed by atoms with van der Waals surface area (Å²) in [6, 6.07) is 6.25. The molecule has 1 aromatic carbocycles. The van der Waals surface area contributed by atoms with E-state index in [2.05, 4.69) is 37.0 Å². The molecule has 1 nitrogen and oxygen atoms in total. The molecule has 0 atom stereocenters. The van der Waals surface area contributed by atoms with Gasteiger partial charge in [-0.3, -0.25) is 0 Å². The highest BCUT2D eigenvalue weighted by atomic mass is 14.8. The first-order valence-electron chi connectivity index (χ1n) is 5.68. The van der Waals surface area contributed by atoms with E-state index < -0.39 is 0 Å². The second-order valence-corrected chi connectivity index (χ2v) is 2.54. The zero-order chi connectivity index (χ0) is 12.3. The van der Waals surface area contributed by atoms with E-state index in [9.17, 15) is 0 Å². The molecule has 0 heterocycles. The average Bonchev–Trinajstić information content (AvgIpc) is 2.34. The van der Waals surface area contributed by atoms with Gasteiger partial charge < -0.3 is 5.32 Å². The molecule has 1 heteroatoms. The molecule has 0 aliphatic rings. The maximum Gasteiger partial charge on any atom is 0.0411 e. The molecule has 0 radical (unpaired) electrons. The fraction of sp³-hybridized carbons (Fsp3) is 0.429. The predicted molar refractivity (Wildman–Crippen MR) is 73.5 cm³/mol. The molecule has 0 saturated heterocycles. The lowest BCUT2D eigenvalue weighted by molar-refractivity contribution is 1.42. The Kier molecular flexibility index (Phi) is 11.7. The molecule has 0 amide bonds. The quantitative estimate of drug-likeness (QED) is 0.739. The molecule has 0 bridgehead atoms. The zero-order valence-electron chi connectivity index (χ0n) is 11.0. The Bertz CT molecular complexity index is 264. The topological polar surface area (TPSA) is 12.0 Å². The van der Waals surface area contributed by atoms with Crippen LogP contribution in [0.5, 0.6) is 0 Å². The lowest BCUT2D eigenvalue weighted by atomic mass is 10.1. The predicted octanol–water partition coefficient (Wildman–Crippen LogP) is 4.73. The highest BCUT2D eigenvalue weighted by Gasteiger charge is 1.94. The summed E-state index contributed by atoms with van der Waals surface area (Å²) < 4.78 is 0. The maximum absolute atomic E-state index is 3.74. The maximum atomic E-state index is 3.74. The van der Waals surface area contributed by atoms with Crippen molar-refractivity contribution in [3.05, 3.63) is 35.9 Å². The number of hydrogen-bond acceptors (Lipinski definition) is 1. The molecule has 0 saturated carbocycles. The van der Waals surface area contributed by atoms with Gasteiger partial charge in [-0.25, -0.2) is 0 Å². The van der Waals surface area contributed by atoms with Gasteiger partial charge in [0.2, 0.25) is 0 Å². The Labute approximate surface area is 95.2 Å². The van der Waals surface area contributed by atoms with Gasteiger partial charge >= 0.3 is 0 Å². The summed E-state index contributed by atoms with van der Waals surface area (Å²) in [7, 11) is 1.91. The van der Waals surface area contributed by atoms with Gasteiger partial charge in [0.25, 0.3) is 0 Å². The van der Waals surface area contributed by atoms with Gasteiger partial charge in [0.05, 0.1) is 0 Å². The fourth-order valence-electron chi connectivity index (χ4n) is 1.08. The van der Waals surface area contributed by atoms with Crippen molar-refractivity contribution in [1.29, 1.82) is 0 Å². The van der Waals surface area contributed by atoms with Crippen LogP contribution in [0.15, 0.2) is 24.8 Å². The van der Waals surface area contributed by atoms with Crippen molar-refractivity contribution in [3.8, 4) is 0 Å². The molecule has 0 fully saturated rings. The lowest BCUT2D eigenvalue weighted by Crippen LogP contribution is -1.91. The van der Waals surface area contributed by atoms with Crippen molar-refractivity contribution >= 4 is 11.8 Å². The van der Waals surface area contributed by atoms with Crippen LogP contribution in [0.2, 0.25) is 0 Å². The average molecular weight is 207 g/mol. The Balaban J connectivity index is 0. The molecular formula is C14H25N. The minimum Gasteiger partial charge on any atom is -0.388 e. The van der Waals surface area contributed by atoms with Crippen LogP contribution in [-0.4, -0.2) is 7.05 Å². The fourth-order valence-corrected chi connectivity index (χ4v) is 1.08. The summed E-state index contributed by atoms with van der Waals surface area (Å²) in [6.07, 6.45) is 1.86. The van der Waals surface area contributed by atoms with E-state index in [1.807, 2.05) is 40.8 Å². The van der Waals surface area contributed by atoms with Crippen molar-refractivity contribution in [1.82, 2.24) is 0 Å². The highest BCUT2D eigenvalue weighted by molar-refractivity contribution is 5.66. The van der Waals surface area contributed by atoms with Crippen LogP contribution < -0.4 is 5.32 Å². The van der Waals surface area contributed by atoms with Crippen LogP contribution in [0.3, 0.4) is 0 Å². The van der Waals surface area contributed by atoms with Crippen molar-refractivity contribution in [2.24, 2.45) is 0 Å². The summed E-state index contributed by atoms with van der Waals surface area (Å²) in [5.41, 5.74) is 3.55. The second-order valence-electron chi connectivity index (χ2n) is 2.54. The summed E-state index contributed by atoms with van der Waals surface area (Å²) in [6.45, 7) is 13.8. The normalized spacial score (nSPS) is 7.60. The van der Waals surface area contributed by atoms with Crippen molar-refractivity contribution < 1.29 is 0 Å². The molecule has 0 aliphatic carbocycles. The van der Waals surface area contributed by atoms with Crippen LogP contribution in [0.4, 0.5) is 5.69 Å². The van der Waals surface area contributed by atoms with Crippen molar-refractivity contribution in [3.63, 3.8) is 0 Å². The van der Waals surface area contributed by atoms with E-state index in [1.54, 1.807) is 0 Å². The van der Waals surface area contributed by atoms with E-state index >= 15 is 0 Å². The van der Waals surface area contributed by atoms with Gasteiger partial charge in [0.15, 0.2) is 0 Å². The minimum absolute atomic E-state index is 1.13. The number of rotatable bonds is 2. The zero-order valence-corrected chi connectivity index (χ0v) is 11.0. The highest BCUT2D eigenvalue weighted by Crippen LogP contribution is 2.17. The third-order valence-corrected chi connectivity index (χ3v) is 1.70. The minimum atomic E-state index is 1.13. The Morgan fingerprint density at radius 2 is 1.67 bits per heavy atom. The lowest BCUT2D eigenvalue weighted by Gasteiger charge is -2.05. The molecule has 0 aliphatic heterocycles. The molecule has 0 aromatic heterocycles. The van der Waals surface area contributed by atoms with Crippen LogP contribution in [0, 0.1) is 6.92 Å². The SMILES string of the molecule is C=Cc1cc(C)ccc1NC.CC.CC. The Morgan fingerprint density at radius 1 is 1.13 bits per heavy atom. The van der Waals surface area contributed by atoms with Gasteiger partial charge in [-0.1, -0.05) is 52.0 Å². The standard InChI is InChI=1S/C10H13N.2C2H6/c1-4-9-7-8(2)5-6-10(9)11-3;2*1-2/h4-7,11H,1H2,2-3H3;2*1-2H3. The number of benzene rings is 1. The van der Waals surface area contributed by atoms with Gasteiger partial charge in [-0.15, -0.1) is 0 Å². The van der Waals surface area contributed by atoms with Gasteiger partial charge in [-0.05, 0) is 24.6 Å². The molecule has 15 heavy (non-hydrogen) atoms. The summed E-state index contributed by atoms with van der Waals surface area (Å²) in [5, 5.41) is 3.10. The molecular weight excluding hydrogens is 182 g/mol. The first-order valence-corrected chi connectivity index (χ1v) is 5.68. The van der Waals surface area contributed by atoms with E-state index in [4.69, 9.17) is 0 Å². The largest absolute Gasteiger partial charge is 0.388 e. The monoisotopic (exact) mass is 207 g/mol. The smallest absolute Gasteiger partial charge is 0.0411 e. The van der Waals surface area contributed by atoms with Crippen LogP contribution in [0.1, 0.15) is 38.8 Å². The molecule has 0 unspecified atom stereocenters. The summed E-state index contributed by atoms with van der Waals surface area (Å²) >= 11 is 0. The summed E-state index contributed by atoms with van der Waals surface area (Å²) in [5.74, 6) is 0. The van der Waals surface area contributed by atoms with E-state index in [0.29, 0.717) is 0 Å². The molecule has 1 rings (SSSR count). The Hall–Kier alpha value is -1.24. The van der Waals surface area contributed by atoms with Gasteiger partial charge in [-0.2, -0.15) is 0 Å². The van der Waals surface area contributed by atoms with Crippen LogP contribution in [0.25, 0.3) is 6.08 Å². The third kappa shape index (κ3) is 5.95. The van der Waals surface area contributed by atoms with Crippen LogP contribution >= 0.6 is 0 Å².